The van der Waals surface area contributed by atoms with E-state index >= 15 is 0 Å². The second-order valence-corrected chi connectivity index (χ2v) is 27.1. The average Bonchev–Trinajstić information content (AvgIpc) is 1.61. The maximum atomic E-state index is 9.16. The lowest BCUT2D eigenvalue weighted by molar-refractivity contribution is 0.426. The lowest BCUT2D eigenvalue weighted by Crippen LogP contribution is -2.29. The first-order valence-corrected chi connectivity index (χ1v) is 35.0. The molecule has 3 aliphatic carbocycles. The molecular formula is C94H69BBrN3O2. The number of para-hydroxylation sites is 6. The van der Waals surface area contributed by atoms with Gasteiger partial charge < -0.3 is 23.7 Å². The molecule has 0 radical (unpaired) electrons. The van der Waals surface area contributed by atoms with Crippen LogP contribution in [0.5, 0.6) is 0 Å². The van der Waals surface area contributed by atoms with Gasteiger partial charge in [0.25, 0.3) is 0 Å². The molecule has 2 N–H and O–H groups in total. The first-order valence-electron chi connectivity index (χ1n) is 34.3. The van der Waals surface area contributed by atoms with Crippen molar-refractivity contribution in [1.29, 1.82) is 0 Å². The Kier molecular flexibility index (Phi) is 16.4. The second kappa shape index (κ2) is 26.4. The summed E-state index contributed by atoms with van der Waals surface area (Å²) in [5, 5.41) is 26.0. The quantitative estimate of drug-likeness (QED) is 0.163. The number of rotatable bonds is 6. The molecule has 0 fully saturated rings. The minimum Gasteiger partial charge on any atom is -0.423 e. The van der Waals surface area contributed by atoms with E-state index in [-0.39, 0.29) is 7.43 Å². The number of benzene rings is 15. The summed E-state index contributed by atoms with van der Waals surface area (Å²) in [6.45, 7) is 0. The van der Waals surface area contributed by atoms with Crippen LogP contribution in [-0.2, 0) is 19.3 Å². The van der Waals surface area contributed by atoms with Crippen LogP contribution in [0.1, 0.15) is 40.8 Å². The summed E-state index contributed by atoms with van der Waals surface area (Å²) in [6.07, 6.45) is 3.01. The van der Waals surface area contributed by atoms with E-state index in [0.717, 1.165) is 29.3 Å². The molecule has 3 heterocycles. The maximum Gasteiger partial charge on any atom is 0.488 e. The van der Waals surface area contributed by atoms with Gasteiger partial charge in [-0.2, -0.15) is 0 Å². The number of hydrogen-bond acceptors (Lipinski definition) is 2. The van der Waals surface area contributed by atoms with Crippen LogP contribution in [0.3, 0.4) is 0 Å². The summed E-state index contributed by atoms with van der Waals surface area (Å²) in [5.74, 6) is 0. The van der Waals surface area contributed by atoms with Crippen molar-refractivity contribution in [3.8, 4) is 72.7 Å². The van der Waals surface area contributed by atoms with Gasteiger partial charge in [0, 0.05) is 53.9 Å². The summed E-state index contributed by atoms with van der Waals surface area (Å²) >= 11 is 3.57. The first kappa shape index (κ1) is 62.7. The molecule has 5 nitrogen and oxygen atoms in total. The van der Waals surface area contributed by atoms with Crippen molar-refractivity contribution < 1.29 is 10.0 Å². The van der Waals surface area contributed by atoms with Crippen molar-refractivity contribution in [2.24, 2.45) is 0 Å². The standard InChI is InChI=1S/2C31H21N.C18H12BrN.C13H11BO2.CH4/c2*1-2-9-25(10-3-1)32-30-13-7-6-12-27(30)29-20-22(16-17-31(29)32)21-14-15-24-18-23-8-4-5-11-26(23)28(24)19-21;19-13-10-11-18-16(12-13)15-8-4-5-9-17(15)20(18)14-6-2-1-3-7-14;15-14(16)11-6-5-10-7-9-3-1-2-4-12(9)13(10)8-11;/h2*1-17,19-20H,18H2;1-12H;1-6,8,15-16H,7H2;1H4. The molecular weight excluding hydrogens is 1290 g/mol. The van der Waals surface area contributed by atoms with Crippen molar-refractivity contribution in [3.05, 3.63) is 384 Å². The van der Waals surface area contributed by atoms with Gasteiger partial charge in [-0.3, -0.25) is 0 Å². The van der Waals surface area contributed by atoms with Gasteiger partial charge >= 0.3 is 7.12 Å². The van der Waals surface area contributed by atoms with Crippen molar-refractivity contribution >= 4 is 93.9 Å². The van der Waals surface area contributed by atoms with Gasteiger partial charge in [0.2, 0.25) is 0 Å². The van der Waals surface area contributed by atoms with Crippen molar-refractivity contribution in [3.63, 3.8) is 0 Å². The number of nitrogens with zero attached hydrogens (tertiary/aromatic N) is 3. The Morgan fingerprint density at radius 1 is 0.238 bits per heavy atom. The fourth-order valence-corrected chi connectivity index (χ4v) is 16.1. The highest BCUT2D eigenvalue weighted by Crippen LogP contribution is 2.44. The zero-order chi connectivity index (χ0) is 66.8. The Balaban J connectivity index is 0.000000104. The molecule has 0 unspecified atom stereocenters. The topological polar surface area (TPSA) is 55.2 Å². The van der Waals surface area contributed by atoms with Crippen molar-refractivity contribution in [2.75, 3.05) is 0 Å². The van der Waals surface area contributed by atoms with Crippen LogP contribution in [0.2, 0.25) is 0 Å². The molecule has 0 spiro atoms. The highest BCUT2D eigenvalue weighted by Gasteiger charge is 2.24. The van der Waals surface area contributed by atoms with E-state index in [1.54, 1.807) is 6.07 Å². The fraction of sp³-hybridized carbons (Fsp3) is 0.0426. The fourth-order valence-electron chi connectivity index (χ4n) is 15.7. The van der Waals surface area contributed by atoms with E-state index in [4.69, 9.17) is 10.0 Å². The van der Waals surface area contributed by atoms with Crippen LogP contribution in [0.25, 0.3) is 138 Å². The summed E-state index contributed by atoms with van der Waals surface area (Å²) < 4.78 is 8.17. The zero-order valence-electron chi connectivity index (χ0n) is 54.7. The Labute approximate surface area is 596 Å². The Bertz CT molecular complexity index is 5940. The predicted molar refractivity (Wildman–Crippen MR) is 429 cm³/mol. The van der Waals surface area contributed by atoms with Gasteiger partial charge in [0.15, 0.2) is 0 Å². The Morgan fingerprint density at radius 3 is 0.921 bits per heavy atom. The van der Waals surface area contributed by atoms with Gasteiger partial charge in [0.1, 0.15) is 0 Å². The molecule has 0 saturated heterocycles. The molecule has 0 saturated carbocycles. The van der Waals surface area contributed by atoms with E-state index < -0.39 is 7.12 Å². The molecule has 0 atom stereocenters. The lowest BCUT2D eigenvalue weighted by atomic mass is 9.79. The van der Waals surface area contributed by atoms with E-state index in [9.17, 15) is 0 Å². The van der Waals surface area contributed by atoms with Gasteiger partial charge in [-0.1, -0.05) is 260 Å². The molecule has 0 bridgehead atoms. The van der Waals surface area contributed by atoms with Crippen LogP contribution in [0.15, 0.2) is 350 Å². The lowest BCUT2D eigenvalue weighted by Gasteiger charge is -2.09. The minimum atomic E-state index is -1.39. The normalized spacial score (nSPS) is 11.9. The molecule has 15 aromatic carbocycles. The second-order valence-electron chi connectivity index (χ2n) is 26.2. The summed E-state index contributed by atoms with van der Waals surface area (Å²) in [4.78, 5) is 0. The van der Waals surface area contributed by atoms with Crippen LogP contribution in [0, 0.1) is 0 Å². The van der Waals surface area contributed by atoms with Crippen LogP contribution >= 0.6 is 15.9 Å². The van der Waals surface area contributed by atoms with E-state index in [2.05, 4.69) is 339 Å². The van der Waals surface area contributed by atoms with Crippen molar-refractivity contribution in [2.45, 2.75) is 26.7 Å². The van der Waals surface area contributed by atoms with E-state index in [1.165, 1.54) is 166 Å². The smallest absolute Gasteiger partial charge is 0.423 e. The number of hydrogen-bond donors (Lipinski definition) is 2. The SMILES string of the molecule is Brc1ccc2c(c1)c1ccccc1n2-c1ccccc1.C.OB(O)c1ccc2c(c1)-c1ccccc1C2.c1ccc(-n2c3ccccc3c3cc(-c4ccc5c(c4)-c4ccccc4C5)ccc32)cc1.c1ccc(-n2c3ccccc3c3cc(-c4ccc5c(c4)-c4ccccc4C5)ccc32)cc1. The third-order valence-electron chi connectivity index (χ3n) is 20.4. The van der Waals surface area contributed by atoms with Crippen molar-refractivity contribution in [1.82, 2.24) is 13.7 Å². The Morgan fingerprint density at radius 2 is 0.525 bits per heavy atom. The Hall–Kier alpha value is -11.8. The van der Waals surface area contributed by atoms with Crippen LogP contribution in [0.4, 0.5) is 0 Å². The molecule has 7 heteroatoms. The number of aromatic nitrogens is 3. The predicted octanol–water partition coefficient (Wildman–Crippen LogP) is 23.2. The molecule has 101 heavy (non-hydrogen) atoms. The molecule has 18 aromatic rings. The monoisotopic (exact) mass is 1360 g/mol. The van der Waals surface area contributed by atoms with E-state index in [1.807, 2.05) is 30.3 Å². The molecule has 21 rings (SSSR count). The maximum absolute atomic E-state index is 9.16. The molecule has 482 valence electrons. The minimum absolute atomic E-state index is 0. The zero-order valence-corrected chi connectivity index (χ0v) is 56.3. The summed E-state index contributed by atoms with van der Waals surface area (Å²) in [6, 6.07) is 123. The van der Waals surface area contributed by atoms with Gasteiger partial charge in [0.05, 0.1) is 33.1 Å². The van der Waals surface area contributed by atoms with Gasteiger partial charge in [-0.05, 0) is 223 Å². The molecule has 3 aromatic heterocycles. The summed E-state index contributed by atoms with van der Waals surface area (Å²) in [5.41, 5.74) is 32.8. The summed E-state index contributed by atoms with van der Waals surface area (Å²) in [7, 11) is -1.39. The first-order chi connectivity index (χ1) is 49.3. The van der Waals surface area contributed by atoms with E-state index in [0.29, 0.717) is 5.46 Å². The number of halogens is 1. The largest absolute Gasteiger partial charge is 0.488 e. The van der Waals surface area contributed by atoms with Crippen LogP contribution < -0.4 is 5.46 Å². The van der Waals surface area contributed by atoms with Gasteiger partial charge in [-0.25, -0.2) is 0 Å². The third-order valence-corrected chi connectivity index (χ3v) is 20.9. The average molecular weight is 1360 g/mol. The van der Waals surface area contributed by atoms with Crippen LogP contribution in [-0.4, -0.2) is 30.9 Å². The highest BCUT2D eigenvalue weighted by molar-refractivity contribution is 9.10. The third kappa shape index (κ3) is 11.3. The molecule has 0 aliphatic heterocycles. The van der Waals surface area contributed by atoms with Gasteiger partial charge in [-0.15, -0.1) is 0 Å². The molecule has 3 aliphatic rings. The molecule has 0 amide bonds. The highest BCUT2D eigenvalue weighted by atomic mass is 79.9. The number of fused-ring (bicyclic) bond motifs is 18.